The largest absolute Gasteiger partial charge is 0.156 e. The van der Waals surface area contributed by atoms with Gasteiger partial charge in [0.1, 0.15) is 0 Å². The summed E-state index contributed by atoms with van der Waals surface area (Å²) in [6.07, 6.45) is 5.49. The molecule has 0 radical (unpaired) electrons. The molecule has 0 aliphatic carbocycles. The normalized spacial score (nSPS) is 28.1. The quantitative estimate of drug-likeness (QED) is 0.464. The maximum Gasteiger partial charge on any atom is 0.0709 e. The van der Waals surface area contributed by atoms with Crippen molar-refractivity contribution in [2.24, 2.45) is 0 Å². The molecule has 16 heavy (non-hydrogen) atoms. The molecule has 5 heteroatoms. The van der Waals surface area contributed by atoms with Crippen LogP contribution in [-0.2, 0) is 0 Å². The molecule has 0 aromatic carbocycles. The molecule has 2 saturated heterocycles. The lowest BCUT2D eigenvalue weighted by atomic mass is 10.4. The number of unbranched alkanes of at least 4 members (excludes halogenated alkanes) is 1. The van der Waals surface area contributed by atoms with Crippen molar-refractivity contribution in [2.45, 2.75) is 49.4 Å². The van der Waals surface area contributed by atoms with Crippen LogP contribution < -0.4 is 0 Å². The molecule has 2 fully saturated rings. The Kier molecular flexibility index (Phi) is 10.5. The first-order valence-corrected chi connectivity index (χ1v) is 11.9. The van der Waals surface area contributed by atoms with E-state index in [1.807, 2.05) is 0 Å². The van der Waals surface area contributed by atoms with Crippen LogP contribution in [0.3, 0.4) is 0 Å². The van der Waals surface area contributed by atoms with Crippen LogP contribution in [0.15, 0.2) is 0 Å². The van der Waals surface area contributed by atoms with E-state index in [2.05, 4.69) is 68.8 Å². The van der Waals surface area contributed by atoms with Crippen molar-refractivity contribution in [3.05, 3.63) is 0 Å². The molecule has 0 N–H and O–H groups in total. The van der Waals surface area contributed by atoms with Crippen LogP contribution in [0.4, 0.5) is 0 Å². The standard InChI is InChI=1S/C7H12S5.C4H10/c1-2-7(11-9-3-1)12-10-5-6-4-8-6;1-3-4-2/h6-7H,1-5H2;3-4H2,1-2H3. The summed E-state index contributed by atoms with van der Waals surface area (Å²) in [6.45, 7) is 4.36. The van der Waals surface area contributed by atoms with Gasteiger partial charge in [-0.25, -0.2) is 0 Å². The van der Waals surface area contributed by atoms with Crippen LogP contribution >= 0.6 is 54.9 Å². The summed E-state index contributed by atoms with van der Waals surface area (Å²) in [6, 6.07) is 0. The zero-order valence-corrected chi connectivity index (χ0v) is 14.2. The van der Waals surface area contributed by atoms with Gasteiger partial charge in [-0.1, -0.05) is 69.9 Å². The van der Waals surface area contributed by atoms with Crippen molar-refractivity contribution in [2.75, 3.05) is 17.3 Å². The summed E-state index contributed by atoms with van der Waals surface area (Å²) in [5.74, 6) is 4.15. The van der Waals surface area contributed by atoms with Crippen molar-refractivity contribution in [3.63, 3.8) is 0 Å². The molecule has 96 valence electrons. The van der Waals surface area contributed by atoms with Crippen molar-refractivity contribution in [3.8, 4) is 0 Å². The van der Waals surface area contributed by atoms with E-state index in [1.54, 1.807) is 0 Å². The summed E-state index contributed by atoms with van der Waals surface area (Å²) in [4.78, 5) is 0. The van der Waals surface area contributed by atoms with Gasteiger partial charge in [0.15, 0.2) is 0 Å². The SMILES string of the molecule is C1CSSC(SSCC2CS2)C1.CCCC. The lowest BCUT2D eigenvalue weighted by Gasteiger charge is -2.18. The maximum atomic E-state index is 2.18. The van der Waals surface area contributed by atoms with E-state index in [4.69, 9.17) is 0 Å². The minimum absolute atomic E-state index is 0.873. The molecule has 0 bridgehead atoms. The van der Waals surface area contributed by atoms with E-state index in [0.29, 0.717) is 0 Å². The van der Waals surface area contributed by atoms with Gasteiger partial charge in [0.25, 0.3) is 0 Å². The predicted octanol–water partition coefficient (Wildman–Crippen LogP) is 5.79. The number of hydrogen-bond acceptors (Lipinski definition) is 5. The van der Waals surface area contributed by atoms with Crippen LogP contribution in [-0.4, -0.2) is 27.1 Å². The van der Waals surface area contributed by atoms with Crippen LogP contribution in [0.5, 0.6) is 0 Å². The first kappa shape index (κ1) is 15.8. The molecule has 2 unspecified atom stereocenters. The summed E-state index contributed by atoms with van der Waals surface area (Å²) < 4.78 is 0.873. The van der Waals surface area contributed by atoms with Crippen LogP contribution in [0, 0.1) is 0 Å². The molecule has 0 nitrogen and oxygen atoms in total. The Morgan fingerprint density at radius 2 is 2.00 bits per heavy atom. The molecular formula is C11H22S5. The Morgan fingerprint density at radius 3 is 2.50 bits per heavy atom. The summed E-state index contributed by atoms with van der Waals surface area (Å²) in [5.41, 5.74) is 0. The van der Waals surface area contributed by atoms with Crippen molar-refractivity contribution < 1.29 is 0 Å². The number of rotatable bonds is 5. The van der Waals surface area contributed by atoms with E-state index >= 15 is 0 Å². The third-order valence-electron chi connectivity index (χ3n) is 2.17. The molecule has 2 rings (SSSR count). The first-order valence-electron chi connectivity index (χ1n) is 6.05. The topological polar surface area (TPSA) is 0 Å². The molecule has 0 aromatic heterocycles. The van der Waals surface area contributed by atoms with Gasteiger partial charge >= 0.3 is 0 Å². The van der Waals surface area contributed by atoms with Gasteiger partial charge in [-0.2, -0.15) is 11.8 Å². The van der Waals surface area contributed by atoms with Crippen LogP contribution in [0.1, 0.15) is 39.5 Å². The molecule has 2 atom stereocenters. The highest BCUT2D eigenvalue weighted by Crippen LogP contribution is 2.47. The molecule has 2 aliphatic heterocycles. The minimum Gasteiger partial charge on any atom is -0.156 e. The Labute approximate surface area is 121 Å². The average molecular weight is 315 g/mol. The molecule has 0 saturated carbocycles. The highest BCUT2D eigenvalue weighted by atomic mass is 33.1. The molecule has 2 heterocycles. The monoisotopic (exact) mass is 314 g/mol. The average Bonchev–Trinajstić information content (AvgIpc) is 3.15. The number of hydrogen-bond donors (Lipinski definition) is 0. The van der Waals surface area contributed by atoms with Gasteiger partial charge in [0.2, 0.25) is 0 Å². The second kappa shape index (κ2) is 10.7. The highest BCUT2D eigenvalue weighted by Gasteiger charge is 2.23. The fourth-order valence-corrected chi connectivity index (χ4v) is 8.85. The molecular weight excluding hydrogens is 292 g/mol. The number of thioether (sulfide) groups is 1. The Morgan fingerprint density at radius 1 is 1.25 bits per heavy atom. The fraction of sp³-hybridized carbons (Fsp3) is 1.00. The third kappa shape index (κ3) is 8.78. The van der Waals surface area contributed by atoms with Gasteiger partial charge in [0.05, 0.1) is 4.58 Å². The van der Waals surface area contributed by atoms with E-state index in [1.165, 1.54) is 42.9 Å². The van der Waals surface area contributed by atoms with Gasteiger partial charge in [-0.15, -0.1) is 0 Å². The second-order valence-electron chi connectivity index (χ2n) is 3.83. The summed E-state index contributed by atoms with van der Waals surface area (Å²) in [7, 11) is 8.35. The zero-order valence-electron chi connectivity index (χ0n) is 10.1. The lowest BCUT2D eigenvalue weighted by Crippen LogP contribution is -2.00. The van der Waals surface area contributed by atoms with Crippen LogP contribution in [0.2, 0.25) is 0 Å². The van der Waals surface area contributed by atoms with Gasteiger partial charge in [0, 0.05) is 22.5 Å². The molecule has 0 amide bonds. The van der Waals surface area contributed by atoms with Gasteiger partial charge in [-0.3, -0.25) is 0 Å². The zero-order chi connectivity index (χ0) is 11.6. The second-order valence-corrected chi connectivity index (χ2v) is 10.8. The van der Waals surface area contributed by atoms with E-state index in [9.17, 15) is 0 Å². The summed E-state index contributed by atoms with van der Waals surface area (Å²) >= 11 is 2.11. The Hall–Kier alpha value is 1.75. The van der Waals surface area contributed by atoms with Crippen molar-refractivity contribution >= 4 is 54.9 Å². The first-order chi connectivity index (χ1) is 7.86. The Balaban J connectivity index is 0.000000280. The molecule has 0 spiro atoms. The van der Waals surface area contributed by atoms with Crippen molar-refractivity contribution in [1.29, 1.82) is 0 Å². The third-order valence-corrected chi connectivity index (χ3v) is 9.95. The van der Waals surface area contributed by atoms with Gasteiger partial charge < -0.3 is 0 Å². The highest BCUT2D eigenvalue weighted by molar-refractivity contribution is 8.85. The van der Waals surface area contributed by atoms with Gasteiger partial charge in [-0.05, 0) is 12.8 Å². The predicted molar refractivity (Wildman–Crippen MR) is 89.9 cm³/mol. The minimum atomic E-state index is 0.873. The fourth-order valence-electron chi connectivity index (χ4n) is 0.901. The molecule has 2 aliphatic rings. The molecule has 0 aromatic rings. The maximum absolute atomic E-state index is 2.18. The summed E-state index contributed by atoms with van der Waals surface area (Å²) in [5, 5.41) is 1.00. The lowest BCUT2D eigenvalue weighted by molar-refractivity contribution is 0.881. The van der Waals surface area contributed by atoms with E-state index in [0.717, 1.165) is 9.83 Å². The van der Waals surface area contributed by atoms with Crippen LogP contribution in [0.25, 0.3) is 0 Å². The van der Waals surface area contributed by atoms with E-state index < -0.39 is 0 Å². The smallest absolute Gasteiger partial charge is 0.0709 e. The van der Waals surface area contributed by atoms with Crippen molar-refractivity contribution in [1.82, 2.24) is 0 Å². The Bertz CT molecular complexity index is 152. The van der Waals surface area contributed by atoms with E-state index in [-0.39, 0.29) is 0 Å².